The summed E-state index contributed by atoms with van der Waals surface area (Å²) in [5.74, 6) is 0.759. The van der Waals surface area contributed by atoms with E-state index in [1.165, 1.54) is 0 Å². The molecule has 0 aromatic heterocycles. The molecule has 0 aliphatic rings. The Morgan fingerprint density at radius 3 is 2.65 bits per heavy atom. The van der Waals surface area contributed by atoms with Gasteiger partial charge in [0.15, 0.2) is 0 Å². The summed E-state index contributed by atoms with van der Waals surface area (Å²) >= 11 is 5.84. The molecule has 2 nitrogen and oxygen atoms in total. The van der Waals surface area contributed by atoms with E-state index in [1.807, 2.05) is 36.4 Å². The second-order valence-corrected chi connectivity index (χ2v) is 4.84. The van der Waals surface area contributed by atoms with Gasteiger partial charge in [0.2, 0.25) is 0 Å². The molecule has 0 bridgehead atoms. The van der Waals surface area contributed by atoms with Crippen molar-refractivity contribution >= 4 is 11.6 Å². The van der Waals surface area contributed by atoms with E-state index in [1.54, 1.807) is 6.08 Å². The molecular weight excluding hydrogens is 270 g/mol. The highest BCUT2D eigenvalue weighted by Crippen LogP contribution is 2.12. The lowest BCUT2D eigenvalue weighted by Gasteiger charge is -2.06. The summed E-state index contributed by atoms with van der Waals surface area (Å²) in [6, 6.07) is 7.61. The van der Waals surface area contributed by atoms with Gasteiger partial charge in [-0.15, -0.1) is 0 Å². The Bertz CT molecular complexity index is 449. The number of benzene rings is 1. The Balaban J connectivity index is 2.38. The van der Waals surface area contributed by atoms with Crippen molar-refractivity contribution in [3.05, 3.63) is 71.5 Å². The summed E-state index contributed by atoms with van der Waals surface area (Å²) in [7, 11) is 0. The van der Waals surface area contributed by atoms with Gasteiger partial charge in [-0.2, -0.15) is 0 Å². The second kappa shape index (κ2) is 10.3. The molecule has 0 heterocycles. The number of rotatable bonds is 9. The van der Waals surface area contributed by atoms with Crippen molar-refractivity contribution in [3.63, 3.8) is 0 Å². The van der Waals surface area contributed by atoms with Crippen LogP contribution in [0.4, 0.5) is 0 Å². The number of unbranched alkanes of at least 4 members (excludes halogenated alkanes) is 2. The smallest absolute Gasteiger partial charge is 0.119 e. The van der Waals surface area contributed by atoms with Crippen molar-refractivity contribution in [1.29, 1.82) is 0 Å². The Labute approximate surface area is 126 Å². The lowest BCUT2D eigenvalue weighted by molar-refractivity contribution is 0.211. The van der Waals surface area contributed by atoms with Crippen LogP contribution in [0.25, 0.3) is 0 Å². The molecule has 0 aliphatic heterocycles. The molecule has 1 aromatic carbocycles. The maximum absolute atomic E-state index is 5.84. The second-order valence-electron chi connectivity index (χ2n) is 4.40. The molecule has 20 heavy (non-hydrogen) atoms. The summed E-state index contributed by atoms with van der Waals surface area (Å²) in [6.45, 7) is 5.02. The first-order valence-electron chi connectivity index (χ1n) is 6.83. The molecule has 0 fully saturated rings. The molecule has 0 saturated heterocycles. The zero-order valence-electron chi connectivity index (χ0n) is 11.7. The number of allylic oxidation sites excluding steroid dienone is 4. The van der Waals surface area contributed by atoms with E-state index >= 15 is 0 Å². The molecule has 0 radical (unpaired) electrons. The molecule has 3 heteroatoms. The molecular formula is C17H22ClNO. The SMILES string of the molecule is C=C/C(=C\C=C/CCCCN)OCc1ccc(Cl)cc1. The Morgan fingerprint density at radius 2 is 2.00 bits per heavy atom. The molecule has 1 aromatic rings. The number of ether oxygens (including phenoxy) is 1. The minimum atomic E-state index is 0.510. The van der Waals surface area contributed by atoms with Gasteiger partial charge in [0.05, 0.1) is 0 Å². The van der Waals surface area contributed by atoms with E-state index in [4.69, 9.17) is 22.1 Å². The van der Waals surface area contributed by atoms with Crippen molar-refractivity contribution in [2.75, 3.05) is 6.54 Å². The van der Waals surface area contributed by atoms with Crippen LogP contribution >= 0.6 is 11.6 Å². The minimum absolute atomic E-state index is 0.510. The quantitative estimate of drug-likeness (QED) is 0.409. The Kier molecular flexibility index (Phi) is 8.52. The summed E-state index contributed by atoms with van der Waals surface area (Å²) in [5, 5.41) is 0.730. The largest absolute Gasteiger partial charge is 0.489 e. The molecule has 1 rings (SSSR count). The average molecular weight is 292 g/mol. The zero-order valence-corrected chi connectivity index (χ0v) is 12.5. The highest BCUT2D eigenvalue weighted by Gasteiger charge is 1.95. The first kappa shape index (κ1) is 16.5. The normalized spacial score (nSPS) is 11.8. The third-order valence-corrected chi connectivity index (χ3v) is 2.99. The van der Waals surface area contributed by atoms with E-state index in [0.29, 0.717) is 6.61 Å². The van der Waals surface area contributed by atoms with Crippen LogP contribution in [0, 0.1) is 0 Å². The first-order valence-corrected chi connectivity index (χ1v) is 7.20. The summed E-state index contributed by atoms with van der Waals surface area (Å²) in [5.41, 5.74) is 6.52. The van der Waals surface area contributed by atoms with E-state index in [9.17, 15) is 0 Å². The monoisotopic (exact) mass is 291 g/mol. The number of hydrogen-bond donors (Lipinski definition) is 1. The fraction of sp³-hybridized carbons (Fsp3) is 0.294. The first-order chi connectivity index (χ1) is 9.76. The van der Waals surface area contributed by atoms with Crippen LogP contribution in [0.1, 0.15) is 24.8 Å². The number of hydrogen-bond acceptors (Lipinski definition) is 2. The predicted molar refractivity (Wildman–Crippen MR) is 86.6 cm³/mol. The van der Waals surface area contributed by atoms with Crippen molar-refractivity contribution < 1.29 is 4.74 Å². The number of nitrogens with two attached hydrogens (primary N) is 1. The lowest BCUT2D eigenvalue weighted by atomic mass is 10.2. The third kappa shape index (κ3) is 7.17. The maximum Gasteiger partial charge on any atom is 0.119 e. The van der Waals surface area contributed by atoms with Crippen LogP contribution in [-0.4, -0.2) is 6.54 Å². The van der Waals surface area contributed by atoms with Crippen molar-refractivity contribution in [2.24, 2.45) is 5.73 Å². The van der Waals surface area contributed by atoms with Gasteiger partial charge in [-0.25, -0.2) is 0 Å². The molecule has 108 valence electrons. The van der Waals surface area contributed by atoms with E-state index in [-0.39, 0.29) is 0 Å². The van der Waals surface area contributed by atoms with Crippen molar-refractivity contribution in [2.45, 2.75) is 25.9 Å². The lowest BCUT2D eigenvalue weighted by Crippen LogP contribution is -1.96. The van der Waals surface area contributed by atoms with Gasteiger partial charge >= 0.3 is 0 Å². The van der Waals surface area contributed by atoms with Crippen LogP contribution in [0.3, 0.4) is 0 Å². The maximum atomic E-state index is 5.84. The molecule has 0 spiro atoms. The van der Waals surface area contributed by atoms with Gasteiger partial charge in [0, 0.05) is 5.02 Å². The van der Waals surface area contributed by atoms with Crippen LogP contribution < -0.4 is 5.73 Å². The van der Waals surface area contributed by atoms with Crippen LogP contribution in [0.2, 0.25) is 5.02 Å². The predicted octanol–water partition coefficient (Wildman–Crippen LogP) is 4.61. The molecule has 0 atom stereocenters. The molecule has 0 saturated carbocycles. The van der Waals surface area contributed by atoms with Gasteiger partial charge in [0.1, 0.15) is 12.4 Å². The zero-order chi connectivity index (χ0) is 14.6. The summed E-state index contributed by atoms with van der Waals surface area (Å²) < 4.78 is 5.67. The molecule has 0 aliphatic carbocycles. The number of halogens is 1. The van der Waals surface area contributed by atoms with Gasteiger partial charge in [-0.05, 0) is 55.7 Å². The topological polar surface area (TPSA) is 35.2 Å². The van der Waals surface area contributed by atoms with E-state index in [2.05, 4.69) is 12.7 Å². The minimum Gasteiger partial charge on any atom is -0.489 e. The van der Waals surface area contributed by atoms with Gasteiger partial charge < -0.3 is 10.5 Å². The molecule has 0 unspecified atom stereocenters. The fourth-order valence-corrected chi connectivity index (χ4v) is 1.71. The standard InChI is InChI=1S/C17H22ClNO/c1-2-17(8-6-4-3-5-7-13-19)20-14-15-9-11-16(18)12-10-15/h2,4,6,8-12H,1,3,5,7,13-14,19H2/b6-4-,17-8+. The van der Waals surface area contributed by atoms with Crippen molar-refractivity contribution in [3.8, 4) is 0 Å². The average Bonchev–Trinajstić information content (AvgIpc) is 2.47. The van der Waals surface area contributed by atoms with Gasteiger partial charge in [0.25, 0.3) is 0 Å². The highest BCUT2D eigenvalue weighted by molar-refractivity contribution is 6.30. The van der Waals surface area contributed by atoms with Gasteiger partial charge in [-0.3, -0.25) is 0 Å². The van der Waals surface area contributed by atoms with Crippen LogP contribution in [0.5, 0.6) is 0 Å². The van der Waals surface area contributed by atoms with Crippen LogP contribution in [0.15, 0.2) is 60.9 Å². The van der Waals surface area contributed by atoms with Crippen LogP contribution in [-0.2, 0) is 11.3 Å². The highest BCUT2D eigenvalue weighted by atomic mass is 35.5. The molecule has 0 amide bonds. The third-order valence-electron chi connectivity index (χ3n) is 2.74. The van der Waals surface area contributed by atoms with E-state index < -0.39 is 0 Å². The summed E-state index contributed by atoms with van der Waals surface area (Å²) in [6.07, 6.45) is 11.0. The molecule has 2 N–H and O–H groups in total. The Morgan fingerprint density at radius 1 is 1.25 bits per heavy atom. The van der Waals surface area contributed by atoms with E-state index in [0.717, 1.165) is 42.2 Å². The Hall–Kier alpha value is -1.51. The van der Waals surface area contributed by atoms with Crippen molar-refractivity contribution in [1.82, 2.24) is 0 Å². The fourth-order valence-electron chi connectivity index (χ4n) is 1.59. The van der Waals surface area contributed by atoms with Gasteiger partial charge in [-0.1, -0.05) is 42.5 Å². The summed E-state index contributed by atoms with van der Waals surface area (Å²) in [4.78, 5) is 0.